The number of aromatic nitrogens is 3. The second-order valence-corrected chi connectivity index (χ2v) is 40.7. The smallest absolute Gasteiger partial charge is 0.417 e. The maximum absolute atomic E-state index is 15.0. The van der Waals surface area contributed by atoms with Gasteiger partial charge in [-0.1, -0.05) is 57.9 Å². The number of fused-ring (bicyclic) bond motifs is 4. The second kappa shape index (κ2) is 34.3. The summed E-state index contributed by atoms with van der Waals surface area (Å²) in [6, 6.07) is 11.2. The van der Waals surface area contributed by atoms with E-state index < -0.39 is 64.6 Å². The highest BCUT2D eigenvalue weighted by atomic mass is 28.4. The van der Waals surface area contributed by atoms with Crippen LogP contribution in [-0.4, -0.2) is 201 Å². The molecule has 4 amide bonds. The van der Waals surface area contributed by atoms with Gasteiger partial charge in [0.2, 0.25) is 0 Å². The molecular weight excluding hydrogens is 1350 g/mol. The fourth-order valence-corrected chi connectivity index (χ4v) is 13.9. The maximum atomic E-state index is 15.0. The summed E-state index contributed by atoms with van der Waals surface area (Å²) in [6.45, 7) is 41.9. The first kappa shape index (κ1) is 80.7. The number of carbonyl (C=O) groups is 4. The molecule has 2 N–H and O–H groups in total. The molecule has 8 rings (SSSR count). The van der Waals surface area contributed by atoms with Gasteiger partial charge >= 0.3 is 12.2 Å². The molecule has 0 aliphatic carbocycles. The van der Waals surface area contributed by atoms with E-state index in [0.717, 1.165) is 11.1 Å². The number of nitrogens with two attached hydrogens (primary N) is 1. The van der Waals surface area contributed by atoms with E-state index in [1.807, 2.05) is 50.6 Å². The predicted octanol–water partition coefficient (Wildman–Crippen LogP) is 12.6. The summed E-state index contributed by atoms with van der Waals surface area (Å²) in [5, 5.41) is 8.55. The van der Waals surface area contributed by atoms with E-state index in [9.17, 15) is 9.59 Å². The number of hydrogen-bond donors (Lipinski definition) is 1. The minimum atomic E-state index is -2.68. The molecule has 4 aliphatic rings. The molecule has 0 fully saturated rings. The van der Waals surface area contributed by atoms with E-state index in [2.05, 4.69) is 78.0 Å². The average molecular weight is 1460 g/mol. The van der Waals surface area contributed by atoms with Gasteiger partial charge in [0, 0.05) is 36.6 Å². The van der Waals surface area contributed by atoms with Gasteiger partial charge < -0.3 is 81.2 Å². The quantitative estimate of drug-likeness (QED) is 0.0343. The first-order chi connectivity index (χ1) is 47.9. The molecule has 0 bridgehead atoms. The lowest BCUT2D eigenvalue weighted by Gasteiger charge is -2.44. The summed E-state index contributed by atoms with van der Waals surface area (Å²) >= 11 is 0. The number of rotatable bonds is 33. The summed E-state index contributed by atoms with van der Waals surface area (Å²) in [6.07, 6.45) is 3.14. The van der Waals surface area contributed by atoms with Crippen LogP contribution in [-0.2, 0) is 66.5 Å². The van der Waals surface area contributed by atoms with Crippen LogP contribution in [0.4, 0.5) is 21.0 Å². The molecule has 0 radical (unpaired) electrons. The fourth-order valence-electron chi connectivity index (χ4n) is 11.4. The minimum Gasteiger partial charge on any atom is -0.493 e. The Bertz CT molecular complexity index is 3420. The largest absolute Gasteiger partial charge is 0.493 e. The molecule has 564 valence electrons. The van der Waals surface area contributed by atoms with Gasteiger partial charge in [-0.15, -0.1) is 5.10 Å². The highest BCUT2D eigenvalue weighted by molar-refractivity contribution is 6.74. The minimum absolute atomic E-state index is 0.0682. The van der Waals surface area contributed by atoms with Crippen molar-refractivity contribution in [1.82, 2.24) is 24.8 Å². The van der Waals surface area contributed by atoms with Gasteiger partial charge in [0.25, 0.3) is 11.8 Å². The van der Waals surface area contributed by atoms with E-state index in [1.165, 1.54) is 24.0 Å². The maximum Gasteiger partial charge on any atom is 0.417 e. The molecular formula is C74H112N8O18Si2. The topological polar surface area (TPSA) is 267 Å². The number of amides is 4. The Kier molecular flexibility index (Phi) is 27.1. The lowest BCUT2D eigenvalue weighted by Crippen LogP contribution is -2.58. The van der Waals surface area contributed by atoms with Crippen LogP contribution >= 0.6 is 0 Å². The van der Waals surface area contributed by atoms with Crippen molar-refractivity contribution in [2.75, 3.05) is 110 Å². The van der Waals surface area contributed by atoms with Crippen LogP contribution < -0.4 is 34.5 Å². The summed E-state index contributed by atoms with van der Waals surface area (Å²) < 4.78 is 87.9. The van der Waals surface area contributed by atoms with Crippen molar-refractivity contribution >= 4 is 52.0 Å². The third kappa shape index (κ3) is 20.7. The predicted molar refractivity (Wildman–Crippen MR) is 392 cm³/mol. The van der Waals surface area contributed by atoms with Crippen LogP contribution in [0, 0.1) is 0 Å². The van der Waals surface area contributed by atoms with Gasteiger partial charge in [0.15, 0.2) is 52.1 Å². The zero-order chi connectivity index (χ0) is 74.7. The van der Waals surface area contributed by atoms with Gasteiger partial charge in [0.1, 0.15) is 30.1 Å². The molecule has 0 saturated carbocycles. The van der Waals surface area contributed by atoms with Gasteiger partial charge in [-0.25, -0.2) is 24.1 Å². The monoisotopic (exact) mass is 1460 g/mol. The first-order valence-electron chi connectivity index (χ1n) is 35.2. The molecule has 3 aromatic carbocycles. The van der Waals surface area contributed by atoms with E-state index in [4.69, 9.17) is 71.4 Å². The normalized spacial score (nSPS) is 18.1. The Morgan fingerprint density at radius 2 is 0.892 bits per heavy atom. The molecule has 0 spiro atoms. The standard InChI is InChI=1S/C74H112N8O18Si2/c1-49-35-59-67(99-101(17,18)73(9,10)11)81(69(85)97-71(3,4)5)57-42-63(61(87-15)40-54(57)65(83)79(59)44-49)95-47-51-37-52(39-53(38-51)56-46-78(77-76-56)22-24-90-26-28-92-30-32-94-34-33-93-31-29-91-27-25-89-23-21-75)48-96-64-43-58-55(41-62(64)88-16)66(84)80-45-50(2)36-60(80)68(100-102(19,20)74(12,13)14)82(58)70(86)98-72(6,7)8/h37-46,59-60,67-68H,21-36,47-48,75H2,1-20H3/t59-,60-,67-,68-/m0/s1. The van der Waals surface area contributed by atoms with Crippen molar-refractivity contribution in [1.29, 1.82) is 0 Å². The molecule has 0 unspecified atom stereocenters. The summed E-state index contributed by atoms with van der Waals surface area (Å²) in [4.78, 5) is 66.3. The highest BCUT2D eigenvalue weighted by Gasteiger charge is 2.53. The van der Waals surface area contributed by atoms with E-state index >= 15 is 9.59 Å². The molecule has 26 nitrogen and oxygen atoms in total. The van der Waals surface area contributed by atoms with Gasteiger partial charge in [-0.2, -0.15) is 0 Å². The van der Waals surface area contributed by atoms with Crippen molar-refractivity contribution in [3.05, 3.63) is 94.5 Å². The molecule has 102 heavy (non-hydrogen) atoms. The summed E-state index contributed by atoms with van der Waals surface area (Å²) in [5.41, 5.74) is 8.89. The van der Waals surface area contributed by atoms with Crippen molar-refractivity contribution in [2.24, 2.45) is 5.73 Å². The zero-order valence-corrected chi connectivity index (χ0v) is 65.9. The lowest BCUT2D eigenvalue weighted by molar-refractivity contribution is -0.0167. The Morgan fingerprint density at radius 1 is 0.520 bits per heavy atom. The van der Waals surface area contributed by atoms with Gasteiger partial charge in [0.05, 0.1) is 141 Å². The third-order valence-electron chi connectivity index (χ3n) is 18.6. The molecule has 4 atom stereocenters. The van der Waals surface area contributed by atoms with Gasteiger partial charge in [-0.3, -0.25) is 9.59 Å². The number of nitrogens with zero attached hydrogens (tertiary/aromatic N) is 7. The molecule has 28 heteroatoms. The lowest BCUT2D eigenvalue weighted by atomic mass is 10.0. The summed E-state index contributed by atoms with van der Waals surface area (Å²) in [7, 11) is -2.38. The second-order valence-electron chi connectivity index (χ2n) is 31.1. The Balaban J connectivity index is 1.09. The van der Waals surface area contributed by atoms with Crippen LogP contribution in [0.15, 0.2) is 72.2 Å². The van der Waals surface area contributed by atoms with E-state index in [0.29, 0.717) is 128 Å². The van der Waals surface area contributed by atoms with Gasteiger partial charge in [-0.05, 0) is 146 Å². The molecule has 1 aromatic heterocycles. The molecule has 0 saturated heterocycles. The number of benzene rings is 3. The fraction of sp³-hybridized carbons (Fsp3) is 0.622. The summed E-state index contributed by atoms with van der Waals surface area (Å²) in [5.74, 6) is 0.266. The Morgan fingerprint density at radius 3 is 1.25 bits per heavy atom. The van der Waals surface area contributed by atoms with Crippen LogP contribution in [0.2, 0.25) is 36.3 Å². The van der Waals surface area contributed by atoms with Crippen LogP contribution in [0.1, 0.15) is 142 Å². The van der Waals surface area contributed by atoms with E-state index in [1.54, 1.807) is 80.3 Å². The van der Waals surface area contributed by atoms with Crippen LogP contribution in [0.25, 0.3) is 11.3 Å². The number of anilines is 2. The number of carbonyl (C=O) groups excluding carboxylic acids is 4. The zero-order valence-electron chi connectivity index (χ0n) is 63.9. The van der Waals surface area contributed by atoms with Crippen molar-refractivity contribution in [3.8, 4) is 34.3 Å². The molecule has 4 aliphatic heterocycles. The van der Waals surface area contributed by atoms with Crippen molar-refractivity contribution < 1.29 is 84.9 Å². The Hall–Kier alpha value is -6.97. The van der Waals surface area contributed by atoms with Crippen LogP contribution in [0.5, 0.6) is 23.0 Å². The first-order valence-corrected chi connectivity index (χ1v) is 41.1. The number of methoxy groups -OCH3 is 2. The number of hydrogen-bond acceptors (Lipinski definition) is 21. The average Bonchev–Trinajstić information content (AvgIpc) is 1.56. The van der Waals surface area contributed by atoms with Crippen molar-refractivity contribution in [2.45, 2.75) is 202 Å². The highest BCUT2D eigenvalue weighted by Crippen LogP contribution is 2.49. The third-order valence-corrected chi connectivity index (χ3v) is 27.4. The Labute approximate surface area is 604 Å². The number of ether oxygens (including phenoxy) is 12. The van der Waals surface area contributed by atoms with Crippen molar-refractivity contribution in [3.63, 3.8) is 0 Å². The molecule has 5 heterocycles. The van der Waals surface area contributed by atoms with Crippen LogP contribution in [0.3, 0.4) is 0 Å². The van der Waals surface area contributed by atoms with E-state index in [-0.39, 0.29) is 80.6 Å². The SMILES string of the molecule is COc1cc2c(cc1OCc1cc(COc3cc4c(cc3OC)C(=O)N3C=C(C)C[C@H]3[C@H](O[Si](C)(C)C(C)(C)C)N4C(=O)OC(C)(C)C)cc(-c3cn(CCOCCOCCOCCOCCOCCOCCN)nn3)c1)N(C(=O)OC(C)(C)C)[C@@H](O[Si](C)(C)C(C)(C)C)[C@@H]1CC(C)=CN1C2=O. The molecule has 4 aromatic rings.